The molecule has 0 radical (unpaired) electrons. The number of hydrogen-bond acceptors (Lipinski definition) is 5. The van der Waals surface area contributed by atoms with Crippen LogP contribution in [0.25, 0.3) is 0 Å². The molecule has 2 amide bonds. The molecule has 1 unspecified atom stereocenters. The fourth-order valence-corrected chi connectivity index (χ4v) is 2.64. The standard InChI is InChI=1S/C17H20FN3O3S/c1-10-4-5-13(7-14(10)18)8-19-16(22)9-25-12(3)17(23)20-15-6-11(2)24-21-15/h4-7,12H,8-9H2,1-3H3,(H,19,22)(H,20,21,23). The van der Waals surface area contributed by atoms with E-state index in [2.05, 4.69) is 15.8 Å². The molecule has 25 heavy (non-hydrogen) atoms. The number of nitrogens with one attached hydrogen (secondary N) is 2. The summed E-state index contributed by atoms with van der Waals surface area (Å²) in [5.74, 6) is 0.299. The molecule has 134 valence electrons. The molecule has 6 nitrogen and oxygen atoms in total. The predicted octanol–water partition coefficient (Wildman–Crippen LogP) is 2.81. The number of amides is 2. The van der Waals surface area contributed by atoms with E-state index in [1.165, 1.54) is 17.8 Å². The van der Waals surface area contributed by atoms with Crippen LogP contribution in [0.3, 0.4) is 0 Å². The molecule has 2 rings (SSSR count). The monoisotopic (exact) mass is 365 g/mol. The number of aromatic nitrogens is 1. The first-order valence-electron chi connectivity index (χ1n) is 7.72. The van der Waals surface area contributed by atoms with Gasteiger partial charge in [-0.15, -0.1) is 11.8 Å². The molecule has 0 spiro atoms. The predicted molar refractivity (Wildman–Crippen MR) is 94.8 cm³/mol. The van der Waals surface area contributed by atoms with Gasteiger partial charge in [0.1, 0.15) is 11.6 Å². The molecule has 0 fully saturated rings. The molecular formula is C17H20FN3O3S. The Morgan fingerprint density at radius 2 is 2.08 bits per heavy atom. The number of thioether (sulfide) groups is 1. The maximum Gasteiger partial charge on any atom is 0.238 e. The van der Waals surface area contributed by atoms with Gasteiger partial charge in [0, 0.05) is 12.6 Å². The second-order valence-corrected chi connectivity index (χ2v) is 6.95. The maximum atomic E-state index is 13.5. The highest BCUT2D eigenvalue weighted by Gasteiger charge is 2.16. The van der Waals surface area contributed by atoms with Crippen LogP contribution >= 0.6 is 11.8 Å². The first-order valence-corrected chi connectivity index (χ1v) is 8.77. The van der Waals surface area contributed by atoms with Crippen molar-refractivity contribution in [2.24, 2.45) is 0 Å². The maximum absolute atomic E-state index is 13.5. The second kappa shape index (κ2) is 8.66. The van der Waals surface area contributed by atoms with Gasteiger partial charge in [0.25, 0.3) is 0 Å². The third kappa shape index (κ3) is 5.90. The van der Waals surface area contributed by atoms with E-state index in [0.29, 0.717) is 22.7 Å². The van der Waals surface area contributed by atoms with E-state index < -0.39 is 5.25 Å². The van der Waals surface area contributed by atoms with Crippen molar-refractivity contribution in [3.63, 3.8) is 0 Å². The number of carbonyl (C=O) groups excluding carboxylic acids is 2. The Kier molecular flexibility index (Phi) is 6.58. The minimum Gasteiger partial charge on any atom is -0.360 e. The molecule has 1 atom stereocenters. The quantitative estimate of drug-likeness (QED) is 0.788. The van der Waals surface area contributed by atoms with Crippen molar-refractivity contribution >= 4 is 29.4 Å². The Balaban J connectivity index is 1.73. The molecule has 0 aliphatic heterocycles. The van der Waals surface area contributed by atoms with Gasteiger partial charge in [-0.05, 0) is 38.0 Å². The number of hydrogen-bond donors (Lipinski definition) is 2. The SMILES string of the molecule is Cc1cc(NC(=O)C(C)SCC(=O)NCc2ccc(C)c(F)c2)no1. The van der Waals surface area contributed by atoms with E-state index >= 15 is 0 Å². The van der Waals surface area contributed by atoms with E-state index in [0.717, 1.165) is 0 Å². The van der Waals surface area contributed by atoms with Crippen molar-refractivity contribution in [1.29, 1.82) is 0 Å². The lowest BCUT2D eigenvalue weighted by molar-refractivity contribution is -0.118. The van der Waals surface area contributed by atoms with Crippen molar-refractivity contribution in [3.8, 4) is 0 Å². The highest BCUT2D eigenvalue weighted by Crippen LogP contribution is 2.14. The Morgan fingerprint density at radius 1 is 1.32 bits per heavy atom. The second-order valence-electron chi connectivity index (χ2n) is 5.63. The number of carbonyl (C=O) groups is 2. The highest BCUT2D eigenvalue weighted by atomic mass is 32.2. The Hall–Kier alpha value is -2.35. The molecule has 0 aliphatic carbocycles. The first-order chi connectivity index (χ1) is 11.8. The number of benzene rings is 1. The molecule has 0 aliphatic rings. The van der Waals surface area contributed by atoms with E-state index in [1.54, 1.807) is 39.0 Å². The summed E-state index contributed by atoms with van der Waals surface area (Å²) in [7, 11) is 0. The third-order valence-electron chi connectivity index (χ3n) is 3.44. The summed E-state index contributed by atoms with van der Waals surface area (Å²) in [6.45, 7) is 5.36. The summed E-state index contributed by atoms with van der Waals surface area (Å²) in [5.41, 5.74) is 1.25. The molecule has 8 heteroatoms. The van der Waals surface area contributed by atoms with Crippen molar-refractivity contribution in [2.45, 2.75) is 32.6 Å². The van der Waals surface area contributed by atoms with Crippen LogP contribution in [0.5, 0.6) is 0 Å². The lowest BCUT2D eigenvalue weighted by atomic mass is 10.1. The minimum absolute atomic E-state index is 0.126. The number of anilines is 1. The van der Waals surface area contributed by atoms with Crippen LogP contribution in [0, 0.1) is 19.7 Å². The van der Waals surface area contributed by atoms with Crippen molar-refractivity contribution < 1.29 is 18.5 Å². The van der Waals surface area contributed by atoms with Gasteiger partial charge in [-0.25, -0.2) is 4.39 Å². The summed E-state index contributed by atoms with van der Waals surface area (Å²) in [6.07, 6.45) is 0. The zero-order valence-electron chi connectivity index (χ0n) is 14.3. The van der Waals surface area contributed by atoms with Crippen LogP contribution in [0.2, 0.25) is 0 Å². The molecule has 1 heterocycles. The Morgan fingerprint density at radius 3 is 2.72 bits per heavy atom. The number of halogens is 1. The van der Waals surface area contributed by atoms with Crippen molar-refractivity contribution in [2.75, 3.05) is 11.1 Å². The van der Waals surface area contributed by atoms with Gasteiger partial charge in [0.2, 0.25) is 11.8 Å². The molecule has 1 aromatic heterocycles. The smallest absolute Gasteiger partial charge is 0.238 e. The van der Waals surface area contributed by atoms with Gasteiger partial charge >= 0.3 is 0 Å². The number of rotatable bonds is 7. The average Bonchev–Trinajstić information content (AvgIpc) is 2.98. The summed E-state index contributed by atoms with van der Waals surface area (Å²) in [5, 5.41) is 8.58. The summed E-state index contributed by atoms with van der Waals surface area (Å²) < 4.78 is 18.3. The normalized spacial score (nSPS) is 11.8. The number of nitrogens with zero attached hydrogens (tertiary/aromatic N) is 1. The van der Waals surface area contributed by atoms with E-state index in [9.17, 15) is 14.0 Å². The molecule has 2 aromatic rings. The van der Waals surface area contributed by atoms with Crippen LogP contribution in [-0.2, 0) is 16.1 Å². The van der Waals surface area contributed by atoms with Gasteiger partial charge in [-0.1, -0.05) is 17.3 Å². The topological polar surface area (TPSA) is 84.2 Å². The van der Waals surface area contributed by atoms with Crippen molar-refractivity contribution in [1.82, 2.24) is 10.5 Å². The summed E-state index contributed by atoms with van der Waals surface area (Å²) in [6, 6.07) is 6.45. The van der Waals surface area contributed by atoms with Gasteiger partial charge in [-0.3, -0.25) is 9.59 Å². The van der Waals surface area contributed by atoms with Gasteiger partial charge < -0.3 is 15.2 Å². The Labute approximate surface area is 149 Å². The largest absolute Gasteiger partial charge is 0.360 e. The van der Waals surface area contributed by atoms with Gasteiger partial charge in [0.15, 0.2) is 5.82 Å². The van der Waals surface area contributed by atoms with Crippen LogP contribution < -0.4 is 10.6 Å². The zero-order chi connectivity index (χ0) is 18.4. The molecule has 0 saturated heterocycles. The summed E-state index contributed by atoms with van der Waals surface area (Å²) >= 11 is 1.20. The molecule has 1 aromatic carbocycles. The first kappa shape index (κ1) is 19.0. The van der Waals surface area contributed by atoms with Crippen LogP contribution in [0.4, 0.5) is 10.2 Å². The van der Waals surface area contributed by atoms with E-state index in [-0.39, 0.29) is 29.9 Å². The fraction of sp³-hybridized carbons (Fsp3) is 0.353. The molecule has 0 bridgehead atoms. The van der Waals surface area contributed by atoms with E-state index in [4.69, 9.17) is 4.52 Å². The lowest BCUT2D eigenvalue weighted by Gasteiger charge is -2.11. The molecular weight excluding hydrogens is 345 g/mol. The zero-order valence-corrected chi connectivity index (χ0v) is 15.1. The van der Waals surface area contributed by atoms with Crippen LogP contribution in [-0.4, -0.2) is 28.0 Å². The van der Waals surface area contributed by atoms with Crippen molar-refractivity contribution in [3.05, 3.63) is 47.0 Å². The van der Waals surface area contributed by atoms with Gasteiger partial charge in [0.05, 0.1) is 11.0 Å². The van der Waals surface area contributed by atoms with Crippen LogP contribution in [0.1, 0.15) is 23.8 Å². The third-order valence-corrected chi connectivity index (χ3v) is 4.58. The van der Waals surface area contributed by atoms with Crippen LogP contribution in [0.15, 0.2) is 28.8 Å². The summed E-state index contributed by atoms with van der Waals surface area (Å²) in [4.78, 5) is 23.9. The van der Waals surface area contributed by atoms with Gasteiger partial charge in [-0.2, -0.15) is 0 Å². The minimum atomic E-state index is -0.431. The number of aryl methyl sites for hydroxylation is 2. The lowest BCUT2D eigenvalue weighted by Crippen LogP contribution is -2.28. The average molecular weight is 365 g/mol. The van der Waals surface area contributed by atoms with E-state index in [1.807, 2.05) is 0 Å². The Bertz CT molecular complexity index is 763. The highest BCUT2D eigenvalue weighted by molar-refractivity contribution is 8.01. The molecule has 0 saturated carbocycles. The fourth-order valence-electron chi connectivity index (χ4n) is 1.93. The molecule has 2 N–H and O–H groups in total.